The van der Waals surface area contributed by atoms with Gasteiger partial charge in [-0.1, -0.05) is 49.6 Å². The van der Waals surface area contributed by atoms with E-state index in [9.17, 15) is 9.59 Å². The maximum absolute atomic E-state index is 13.6. The first-order valence-electron chi connectivity index (χ1n) is 14.4. The van der Waals surface area contributed by atoms with Crippen LogP contribution >= 0.6 is 0 Å². The first-order valence-corrected chi connectivity index (χ1v) is 14.4. The summed E-state index contributed by atoms with van der Waals surface area (Å²) >= 11 is 0. The molecule has 2 aromatic rings. The van der Waals surface area contributed by atoms with Crippen molar-refractivity contribution in [2.24, 2.45) is 5.92 Å². The van der Waals surface area contributed by atoms with Crippen molar-refractivity contribution in [2.45, 2.75) is 84.7 Å². The molecular weight excluding hydrogens is 458 g/mol. The summed E-state index contributed by atoms with van der Waals surface area (Å²) in [6.45, 7) is 10.3. The lowest BCUT2D eigenvalue weighted by molar-refractivity contribution is -0.116. The molecule has 2 heterocycles. The smallest absolute Gasteiger partial charge is 0.253 e. The van der Waals surface area contributed by atoms with E-state index in [4.69, 9.17) is 0 Å². The Morgan fingerprint density at radius 2 is 1.54 bits per heavy atom. The highest BCUT2D eigenvalue weighted by Gasteiger charge is 2.26. The molecule has 2 aliphatic rings. The third-order valence-corrected chi connectivity index (χ3v) is 8.20. The molecule has 2 aromatic carbocycles. The van der Waals surface area contributed by atoms with Crippen molar-refractivity contribution < 1.29 is 9.59 Å². The maximum Gasteiger partial charge on any atom is 0.253 e. The van der Waals surface area contributed by atoms with Crippen LogP contribution in [0.4, 0.5) is 5.69 Å². The van der Waals surface area contributed by atoms with Crippen LogP contribution in [0.3, 0.4) is 0 Å². The van der Waals surface area contributed by atoms with Gasteiger partial charge in [-0.15, -0.1) is 0 Å². The highest BCUT2D eigenvalue weighted by Crippen LogP contribution is 2.28. The zero-order valence-corrected chi connectivity index (χ0v) is 23.1. The number of hydrogen-bond donors (Lipinski definition) is 0. The monoisotopic (exact) mass is 503 g/mol. The zero-order valence-electron chi connectivity index (χ0n) is 23.1. The number of nitrogens with zero attached hydrogens (tertiary/aromatic N) is 3. The molecule has 200 valence electrons. The standard InChI is InChI=1S/C32H45N3O2/c1-25(2)34-18-10-5-4-6-11-19-35(26(3)36)31-15-14-29(23-30(31)24-34)32(37)33-20-16-28(17-21-33)22-27-12-8-7-9-13-27/h7-9,12-15,23,25,28H,4-6,10-11,16-22,24H2,1-3H3. The Morgan fingerprint density at radius 3 is 2.22 bits per heavy atom. The molecule has 0 spiro atoms. The van der Waals surface area contributed by atoms with E-state index in [1.54, 1.807) is 6.92 Å². The summed E-state index contributed by atoms with van der Waals surface area (Å²) in [5, 5.41) is 0. The van der Waals surface area contributed by atoms with E-state index in [2.05, 4.69) is 55.1 Å². The highest BCUT2D eigenvalue weighted by atomic mass is 16.2. The minimum Gasteiger partial charge on any atom is -0.339 e. The predicted molar refractivity (Wildman–Crippen MR) is 152 cm³/mol. The molecule has 0 aliphatic carbocycles. The zero-order chi connectivity index (χ0) is 26.2. The summed E-state index contributed by atoms with van der Waals surface area (Å²) in [7, 11) is 0. The van der Waals surface area contributed by atoms with Crippen LogP contribution in [0, 0.1) is 5.92 Å². The van der Waals surface area contributed by atoms with Crippen molar-refractivity contribution in [3.63, 3.8) is 0 Å². The Balaban J connectivity index is 1.52. The minimum atomic E-state index is 0.0778. The van der Waals surface area contributed by atoms with Crippen molar-refractivity contribution in [1.82, 2.24) is 9.80 Å². The third kappa shape index (κ3) is 7.44. The molecule has 0 N–H and O–H groups in total. The normalized spacial score (nSPS) is 18.7. The molecule has 37 heavy (non-hydrogen) atoms. The number of benzene rings is 2. The predicted octanol–water partition coefficient (Wildman–Crippen LogP) is 6.31. The number of hydrogen-bond acceptors (Lipinski definition) is 3. The van der Waals surface area contributed by atoms with Crippen LogP contribution < -0.4 is 4.90 Å². The first kappa shape index (κ1) is 27.4. The van der Waals surface area contributed by atoms with Crippen LogP contribution in [0.25, 0.3) is 0 Å². The highest BCUT2D eigenvalue weighted by molar-refractivity contribution is 5.97. The molecule has 1 fully saturated rings. The molecule has 4 rings (SSSR count). The van der Waals surface area contributed by atoms with Gasteiger partial charge in [0.25, 0.3) is 5.91 Å². The largest absolute Gasteiger partial charge is 0.339 e. The Kier molecular flexibility index (Phi) is 9.79. The Morgan fingerprint density at radius 1 is 0.865 bits per heavy atom. The summed E-state index contributed by atoms with van der Waals surface area (Å²) in [5.41, 5.74) is 4.20. The number of piperidine rings is 1. The molecule has 0 unspecified atom stereocenters. The van der Waals surface area contributed by atoms with E-state index in [-0.39, 0.29) is 11.8 Å². The quantitative estimate of drug-likeness (QED) is 0.491. The van der Waals surface area contributed by atoms with Crippen molar-refractivity contribution in [3.8, 4) is 0 Å². The number of anilines is 1. The maximum atomic E-state index is 13.6. The molecule has 1 saturated heterocycles. The first-order chi connectivity index (χ1) is 17.9. The lowest BCUT2D eigenvalue weighted by atomic mass is 9.90. The van der Waals surface area contributed by atoms with Gasteiger partial charge in [-0.25, -0.2) is 0 Å². The van der Waals surface area contributed by atoms with Gasteiger partial charge in [-0.2, -0.15) is 0 Å². The third-order valence-electron chi connectivity index (χ3n) is 8.20. The van der Waals surface area contributed by atoms with Gasteiger partial charge >= 0.3 is 0 Å². The minimum absolute atomic E-state index is 0.0778. The van der Waals surface area contributed by atoms with Crippen LogP contribution in [-0.2, 0) is 17.8 Å². The second kappa shape index (κ2) is 13.2. The van der Waals surface area contributed by atoms with Crippen LogP contribution in [0.5, 0.6) is 0 Å². The van der Waals surface area contributed by atoms with Crippen LogP contribution in [0.15, 0.2) is 48.5 Å². The summed E-state index contributed by atoms with van der Waals surface area (Å²) in [6.07, 6.45) is 9.00. The molecule has 0 bridgehead atoms. The summed E-state index contributed by atoms with van der Waals surface area (Å²) in [5.74, 6) is 0.832. The SMILES string of the molecule is CC(=O)N1CCCCCCCN(C(C)C)Cc2cc(C(=O)N3CCC(Cc4ccccc4)CC3)ccc21. The van der Waals surface area contributed by atoms with Gasteiger partial charge in [-0.3, -0.25) is 14.5 Å². The van der Waals surface area contributed by atoms with Crippen molar-refractivity contribution in [1.29, 1.82) is 0 Å². The van der Waals surface area contributed by atoms with Crippen LogP contribution in [0.1, 0.15) is 87.2 Å². The Labute approximate surface area is 223 Å². The van der Waals surface area contributed by atoms with E-state index in [1.165, 1.54) is 24.8 Å². The fourth-order valence-corrected chi connectivity index (χ4v) is 5.88. The van der Waals surface area contributed by atoms with Gasteiger partial charge in [0.2, 0.25) is 5.91 Å². The average Bonchev–Trinajstić information content (AvgIpc) is 2.89. The van der Waals surface area contributed by atoms with E-state index in [1.807, 2.05) is 21.9 Å². The van der Waals surface area contributed by atoms with Gasteiger partial charge < -0.3 is 9.80 Å². The number of rotatable bonds is 4. The Bertz CT molecular complexity index is 1030. The number of carbonyl (C=O) groups excluding carboxylic acids is 2. The van der Waals surface area contributed by atoms with E-state index >= 15 is 0 Å². The molecule has 5 heteroatoms. The Hall–Kier alpha value is -2.66. The lowest BCUT2D eigenvalue weighted by Gasteiger charge is -2.33. The van der Waals surface area contributed by atoms with Gasteiger partial charge in [0.15, 0.2) is 0 Å². The van der Waals surface area contributed by atoms with Crippen molar-refractivity contribution in [3.05, 3.63) is 65.2 Å². The summed E-state index contributed by atoms with van der Waals surface area (Å²) < 4.78 is 0. The summed E-state index contributed by atoms with van der Waals surface area (Å²) in [4.78, 5) is 32.7. The second-order valence-electron chi connectivity index (χ2n) is 11.3. The number of carbonyl (C=O) groups is 2. The van der Waals surface area contributed by atoms with E-state index in [0.29, 0.717) is 12.0 Å². The molecule has 0 radical (unpaired) electrons. The van der Waals surface area contributed by atoms with Crippen LogP contribution in [0.2, 0.25) is 0 Å². The number of amides is 2. The molecule has 2 aliphatic heterocycles. The average molecular weight is 504 g/mol. The fourth-order valence-electron chi connectivity index (χ4n) is 5.88. The van der Waals surface area contributed by atoms with Crippen molar-refractivity contribution in [2.75, 3.05) is 31.1 Å². The molecule has 0 aromatic heterocycles. The second-order valence-corrected chi connectivity index (χ2v) is 11.3. The molecule has 0 saturated carbocycles. The number of fused-ring (bicyclic) bond motifs is 1. The summed E-state index contributed by atoms with van der Waals surface area (Å²) in [6, 6.07) is 17.1. The van der Waals surface area contributed by atoms with E-state index < -0.39 is 0 Å². The van der Waals surface area contributed by atoms with E-state index in [0.717, 1.165) is 81.6 Å². The van der Waals surface area contributed by atoms with Gasteiger partial charge in [0.1, 0.15) is 0 Å². The van der Waals surface area contributed by atoms with Gasteiger partial charge in [-0.05, 0) is 87.7 Å². The number of likely N-dealkylation sites (tertiary alicyclic amines) is 1. The molecule has 0 atom stereocenters. The molecular formula is C32H45N3O2. The fraction of sp³-hybridized carbons (Fsp3) is 0.562. The van der Waals surface area contributed by atoms with Crippen LogP contribution in [-0.4, -0.2) is 53.8 Å². The van der Waals surface area contributed by atoms with Gasteiger partial charge in [0.05, 0.1) is 0 Å². The molecule has 5 nitrogen and oxygen atoms in total. The van der Waals surface area contributed by atoms with Crippen molar-refractivity contribution >= 4 is 17.5 Å². The van der Waals surface area contributed by atoms with Gasteiger partial charge in [0, 0.05) is 50.4 Å². The lowest BCUT2D eigenvalue weighted by Crippen LogP contribution is -2.39. The topological polar surface area (TPSA) is 43.9 Å². The molecule has 2 amide bonds.